The Morgan fingerprint density at radius 3 is 1.96 bits per heavy atom. The molecule has 0 aliphatic rings. The van der Waals surface area contributed by atoms with Gasteiger partial charge in [-0.15, -0.1) is 0 Å². The molecule has 0 N–H and O–H groups in total. The maximum Gasteiger partial charge on any atom is 0.160 e. The minimum Gasteiger partial charge on any atom is -0.228 e. The van der Waals surface area contributed by atoms with E-state index in [0.717, 1.165) is 22.4 Å². The Kier molecular flexibility index (Phi) is 4.28. The van der Waals surface area contributed by atoms with Crippen molar-refractivity contribution in [1.82, 2.24) is 9.97 Å². The van der Waals surface area contributed by atoms with E-state index in [0.29, 0.717) is 17.1 Å². The minimum atomic E-state index is -0.285. The SMILES string of the molecule is Cc1ccc(F)c(-c2cc(-c3ccccc3)nc(-c3ccccc3)n2)c1. The first-order chi connectivity index (χ1) is 12.7. The summed E-state index contributed by atoms with van der Waals surface area (Å²) in [5.41, 5.74) is 4.71. The molecule has 126 valence electrons. The van der Waals surface area contributed by atoms with Gasteiger partial charge >= 0.3 is 0 Å². The fourth-order valence-corrected chi connectivity index (χ4v) is 2.89. The fraction of sp³-hybridized carbons (Fsp3) is 0.0435. The lowest BCUT2D eigenvalue weighted by molar-refractivity contribution is 0.630. The van der Waals surface area contributed by atoms with Crippen LogP contribution in [0.5, 0.6) is 0 Å². The zero-order valence-electron chi connectivity index (χ0n) is 14.4. The van der Waals surface area contributed by atoms with Crippen LogP contribution in [0.2, 0.25) is 0 Å². The molecular weight excluding hydrogens is 323 g/mol. The average molecular weight is 340 g/mol. The molecule has 0 saturated heterocycles. The molecule has 0 amide bonds. The number of halogens is 1. The number of hydrogen-bond donors (Lipinski definition) is 0. The van der Waals surface area contributed by atoms with E-state index in [1.54, 1.807) is 6.07 Å². The molecule has 0 saturated carbocycles. The van der Waals surface area contributed by atoms with Crippen LogP contribution in [0, 0.1) is 12.7 Å². The van der Waals surface area contributed by atoms with E-state index in [4.69, 9.17) is 4.98 Å². The van der Waals surface area contributed by atoms with Gasteiger partial charge in [0.05, 0.1) is 11.4 Å². The van der Waals surface area contributed by atoms with Crippen LogP contribution in [0.15, 0.2) is 84.9 Å². The van der Waals surface area contributed by atoms with Crippen LogP contribution in [0.1, 0.15) is 5.56 Å². The second kappa shape index (κ2) is 6.89. The maximum absolute atomic E-state index is 14.5. The van der Waals surface area contributed by atoms with Gasteiger partial charge in [-0.2, -0.15) is 0 Å². The van der Waals surface area contributed by atoms with Crippen LogP contribution in [0.25, 0.3) is 33.9 Å². The highest BCUT2D eigenvalue weighted by atomic mass is 19.1. The van der Waals surface area contributed by atoms with Gasteiger partial charge < -0.3 is 0 Å². The maximum atomic E-state index is 14.5. The number of aromatic nitrogens is 2. The van der Waals surface area contributed by atoms with Crippen LogP contribution in [-0.2, 0) is 0 Å². The van der Waals surface area contributed by atoms with Crippen molar-refractivity contribution in [3.05, 3.63) is 96.3 Å². The van der Waals surface area contributed by atoms with Gasteiger partial charge in [-0.3, -0.25) is 0 Å². The Hall–Kier alpha value is -3.33. The normalized spacial score (nSPS) is 10.7. The molecule has 0 aliphatic carbocycles. The van der Waals surface area contributed by atoms with Gasteiger partial charge in [0.15, 0.2) is 5.82 Å². The van der Waals surface area contributed by atoms with Crippen molar-refractivity contribution in [1.29, 1.82) is 0 Å². The molecule has 0 bridgehead atoms. The first-order valence-electron chi connectivity index (χ1n) is 8.47. The monoisotopic (exact) mass is 340 g/mol. The number of benzene rings is 3. The summed E-state index contributed by atoms with van der Waals surface area (Å²) in [6.07, 6.45) is 0. The molecule has 2 nitrogen and oxygen atoms in total. The summed E-state index contributed by atoms with van der Waals surface area (Å²) >= 11 is 0. The van der Waals surface area contributed by atoms with E-state index < -0.39 is 0 Å². The molecule has 0 fully saturated rings. The molecule has 0 unspecified atom stereocenters. The zero-order chi connectivity index (χ0) is 17.9. The topological polar surface area (TPSA) is 25.8 Å². The van der Waals surface area contributed by atoms with Crippen molar-refractivity contribution in [2.75, 3.05) is 0 Å². The third-order valence-corrected chi connectivity index (χ3v) is 4.23. The molecule has 0 aliphatic heterocycles. The third-order valence-electron chi connectivity index (χ3n) is 4.23. The number of rotatable bonds is 3. The van der Waals surface area contributed by atoms with E-state index in [1.807, 2.05) is 79.7 Å². The van der Waals surface area contributed by atoms with E-state index in [2.05, 4.69) is 4.98 Å². The Balaban J connectivity index is 1.95. The molecule has 0 atom stereocenters. The third kappa shape index (κ3) is 3.24. The lowest BCUT2D eigenvalue weighted by Gasteiger charge is -2.10. The molecule has 0 radical (unpaired) electrons. The Bertz CT molecular complexity index is 987. The summed E-state index contributed by atoms with van der Waals surface area (Å²) in [7, 11) is 0. The second-order valence-corrected chi connectivity index (χ2v) is 6.18. The van der Waals surface area contributed by atoms with Gasteiger partial charge in [0, 0.05) is 16.7 Å². The molecule has 3 aromatic carbocycles. The van der Waals surface area contributed by atoms with E-state index in [-0.39, 0.29) is 5.82 Å². The molecule has 0 spiro atoms. The van der Waals surface area contributed by atoms with Crippen LogP contribution in [0.4, 0.5) is 4.39 Å². The predicted molar refractivity (Wildman–Crippen MR) is 103 cm³/mol. The molecule has 1 aromatic heterocycles. The Labute approximate surface area is 152 Å². The van der Waals surface area contributed by atoms with E-state index >= 15 is 0 Å². The molecule has 26 heavy (non-hydrogen) atoms. The summed E-state index contributed by atoms with van der Waals surface area (Å²) in [5.74, 6) is 0.301. The molecule has 4 aromatic rings. The first kappa shape index (κ1) is 16.2. The van der Waals surface area contributed by atoms with Gasteiger partial charge in [-0.1, -0.05) is 72.3 Å². The van der Waals surface area contributed by atoms with Crippen molar-refractivity contribution >= 4 is 0 Å². The van der Waals surface area contributed by atoms with Crippen molar-refractivity contribution in [3.63, 3.8) is 0 Å². The Morgan fingerprint density at radius 2 is 1.27 bits per heavy atom. The molecule has 4 rings (SSSR count). The largest absolute Gasteiger partial charge is 0.228 e. The van der Waals surface area contributed by atoms with Gasteiger partial charge in [0.1, 0.15) is 5.82 Å². The van der Waals surface area contributed by atoms with Crippen molar-refractivity contribution in [2.45, 2.75) is 6.92 Å². The van der Waals surface area contributed by atoms with Crippen LogP contribution < -0.4 is 0 Å². The van der Waals surface area contributed by atoms with Crippen molar-refractivity contribution in [3.8, 4) is 33.9 Å². The van der Waals surface area contributed by atoms with Crippen LogP contribution >= 0.6 is 0 Å². The number of nitrogens with zero attached hydrogens (tertiary/aromatic N) is 2. The lowest BCUT2D eigenvalue weighted by Crippen LogP contribution is -1.97. The number of aryl methyl sites for hydroxylation is 1. The summed E-state index contributed by atoms with van der Waals surface area (Å²) < 4.78 is 14.5. The van der Waals surface area contributed by atoms with Gasteiger partial charge in [0.2, 0.25) is 0 Å². The molecular formula is C23H17FN2. The standard InChI is InChI=1S/C23H17FN2/c1-16-12-13-20(24)19(14-16)22-15-21(17-8-4-2-5-9-17)25-23(26-22)18-10-6-3-7-11-18/h2-15H,1H3. The number of hydrogen-bond acceptors (Lipinski definition) is 2. The fourth-order valence-electron chi connectivity index (χ4n) is 2.89. The summed E-state index contributed by atoms with van der Waals surface area (Å²) in [5, 5.41) is 0. The summed E-state index contributed by atoms with van der Waals surface area (Å²) in [4.78, 5) is 9.37. The van der Waals surface area contributed by atoms with Crippen molar-refractivity contribution < 1.29 is 4.39 Å². The predicted octanol–water partition coefficient (Wildman–Crippen LogP) is 5.93. The summed E-state index contributed by atoms with van der Waals surface area (Å²) in [6.45, 7) is 1.94. The highest BCUT2D eigenvalue weighted by Gasteiger charge is 2.13. The van der Waals surface area contributed by atoms with Gasteiger partial charge in [-0.05, 0) is 25.1 Å². The lowest BCUT2D eigenvalue weighted by atomic mass is 10.0. The van der Waals surface area contributed by atoms with E-state index in [9.17, 15) is 4.39 Å². The van der Waals surface area contributed by atoms with Crippen LogP contribution in [0.3, 0.4) is 0 Å². The minimum absolute atomic E-state index is 0.285. The van der Waals surface area contributed by atoms with Gasteiger partial charge in [-0.25, -0.2) is 14.4 Å². The van der Waals surface area contributed by atoms with Crippen LogP contribution in [-0.4, -0.2) is 9.97 Å². The zero-order valence-corrected chi connectivity index (χ0v) is 14.4. The van der Waals surface area contributed by atoms with Gasteiger partial charge in [0.25, 0.3) is 0 Å². The second-order valence-electron chi connectivity index (χ2n) is 6.18. The van der Waals surface area contributed by atoms with Crippen molar-refractivity contribution in [2.24, 2.45) is 0 Å². The highest BCUT2D eigenvalue weighted by Crippen LogP contribution is 2.29. The Morgan fingerprint density at radius 1 is 0.654 bits per heavy atom. The highest BCUT2D eigenvalue weighted by molar-refractivity contribution is 5.72. The summed E-state index contributed by atoms with van der Waals surface area (Å²) in [6, 6.07) is 26.5. The quantitative estimate of drug-likeness (QED) is 0.462. The smallest absolute Gasteiger partial charge is 0.160 e. The molecule has 3 heteroatoms. The molecule has 1 heterocycles. The van der Waals surface area contributed by atoms with E-state index in [1.165, 1.54) is 6.07 Å². The average Bonchev–Trinajstić information content (AvgIpc) is 2.71. The first-order valence-corrected chi connectivity index (χ1v) is 8.47.